The molecule has 8 fully saturated rings. The zero-order valence-corrected chi connectivity index (χ0v) is 28.2. The van der Waals surface area contributed by atoms with Gasteiger partial charge in [0, 0.05) is 61.2 Å². The van der Waals surface area contributed by atoms with Crippen molar-refractivity contribution >= 4 is 29.7 Å². The lowest BCUT2D eigenvalue weighted by Crippen LogP contribution is -2.74. The van der Waals surface area contributed by atoms with Crippen molar-refractivity contribution in [1.29, 1.82) is 0 Å². The number of esters is 4. The van der Waals surface area contributed by atoms with Crippen molar-refractivity contribution in [2.24, 2.45) is 57.7 Å². The maximum absolute atomic E-state index is 14.4. The average molecular weight is 677 g/mol. The van der Waals surface area contributed by atoms with Gasteiger partial charge in [0.15, 0.2) is 11.4 Å². The van der Waals surface area contributed by atoms with Gasteiger partial charge in [-0.05, 0) is 32.1 Å². The molecule has 14 heteroatoms. The van der Waals surface area contributed by atoms with Gasteiger partial charge >= 0.3 is 23.9 Å². The Kier molecular flexibility index (Phi) is 6.35. The van der Waals surface area contributed by atoms with Gasteiger partial charge in [-0.3, -0.25) is 19.2 Å². The van der Waals surface area contributed by atoms with Crippen LogP contribution in [0.15, 0.2) is 0 Å². The van der Waals surface area contributed by atoms with E-state index in [-0.39, 0.29) is 12.5 Å². The number of fused-ring (bicyclic) bond motifs is 9. The van der Waals surface area contributed by atoms with Crippen LogP contribution >= 0.6 is 0 Å². The zero-order valence-electron chi connectivity index (χ0n) is 28.2. The highest BCUT2D eigenvalue weighted by molar-refractivity contribution is 5.88. The van der Waals surface area contributed by atoms with Crippen LogP contribution in [-0.4, -0.2) is 105 Å². The van der Waals surface area contributed by atoms with Crippen molar-refractivity contribution in [2.75, 3.05) is 0 Å². The number of epoxide rings is 2. The Balaban J connectivity index is 1.38. The lowest BCUT2D eigenvalue weighted by atomic mass is 9.41. The van der Waals surface area contributed by atoms with Gasteiger partial charge in [-0.2, -0.15) is 0 Å². The molecule has 0 radical (unpaired) electrons. The van der Waals surface area contributed by atoms with Crippen LogP contribution in [0.2, 0.25) is 0 Å². The van der Waals surface area contributed by atoms with E-state index in [0.717, 1.165) is 0 Å². The summed E-state index contributed by atoms with van der Waals surface area (Å²) >= 11 is 0. The summed E-state index contributed by atoms with van der Waals surface area (Å²) in [7, 11) is 0. The second-order valence-corrected chi connectivity index (χ2v) is 16.5. The van der Waals surface area contributed by atoms with Crippen LogP contribution < -0.4 is 0 Å². The second kappa shape index (κ2) is 9.36. The molecule has 3 heterocycles. The predicted molar refractivity (Wildman–Crippen MR) is 156 cm³/mol. The molecule has 48 heavy (non-hydrogen) atoms. The minimum Gasteiger partial charge on any atom is -0.459 e. The number of hydrogen-bond donors (Lipinski definition) is 3. The van der Waals surface area contributed by atoms with Crippen LogP contribution in [0.25, 0.3) is 0 Å². The Morgan fingerprint density at radius 3 is 2.04 bits per heavy atom. The summed E-state index contributed by atoms with van der Waals surface area (Å²) in [5, 5.41) is 36.8. The maximum Gasteiger partial charge on any atom is 0.341 e. The topological polar surface area (TPSA) is 208 Å². The Hall–Kier alpha value is -2.65. The first-order chi connectivity index (χ1) is 22.2. The predicted octanol–water partition coefficient (Wildman–Crippen LogP) is 0.0530. The number of aliphatic hydroxyl groups is 3. The van der Waals surface area contributed by atoms with Gasteiger partial charge in [0.05, 0.1) is 17.6 Å². The molecule has 0 unspecified atom stereocenters. The van der Waals surface area contributed by atoms with Crippen LogP contribution in [0.4, 0.5) is 0 Å². The molecule has 3 N–H and O–H groups in total. The Morgan fingerprint density at radius 2 is 1.44 bits per heavy atom. The largest absolute Gasteiger partial charge is 0.459 e. The first kappa shape index (κ1) is 32.5. The lowest BCUT2D eigenvalue weighted by Gasteiger charge is -2.65. The minimum atomic E-state index is -2.11. The molecule has 0 aromatic carbocycles. The van der Waals surface area contributed by atoms with Crippen molar-refractivity contribution in [1.82, 2.24) is 0 Å². The van der Waals surface area contributed by atoms with Crippen LogP contribution in [0.3, 0.4) is 0 Å². The van der Waals surface area contributed by atoms with E-state index < -0.39 is 141 Å². The van der Waals surface area contributed by atoms with E-state index in [1.54, 1.807) is 20.8 Å². The molecule has 5 aliphatic carbocycles. The standard InChI is InChI=1S/C34H44O14/c1-10-17-20(32(7)33(8,42)29(41)48-34(32)26(10)47-34)23(40)18-16-19(25(43-11(2)35)28(31(17,18)6)45-13(4)37)30(5)14(21(38)22(16)39)9-15-24(46-15)27(30)44-12(3)36/h10,14-20,22-28,39-40,42H,9H2,1-8H3/t10-,14+,15-,16-,17-,18+,19+,20-,22+,23+,24-,25-,26-,27-,28-,30-,31+,32-,33+,34+/m1/s1. The van der Waals surface area contributed by atoms with Gasteiger partial charge in [-0.1, -0.05) is 20.8 Å². The molecule has 264 valence electrons. The summed E-state index contributed by atoms with van der Waals surface area (Å²) < 4.78 is 36.1. The SMILES string of the molecule is CC(=O)O[C@@H]1[C@@H]2[C@@H]([C@H]3[C@H](O)[C@H]4[C@@H]([C@@H](C)[C@H]5O[C@]56OC(=O)[C@](C)(O)[C@@]46C)[C@]3(C)[C@@H]1OC(C)=O)[C@H](O)C(=O)[C@@H]1C[C@H]3O[C@H]3[C@@H](OC(C)=O)[C@@]21C. The van der Waals surface area contributed by atoms with Gasteiger partial charge in [0.25, 0.3) is 0 Å². The van der Waals surface area contributed by atoms with E-state index in [1.165, 1.54) is 27.7 Å². The fraction of sp³-hybridized carbons (Fsp3) is 0.853. The first-order valence-corrected chi connectivity index (χ1v) is 16.9. The number of hydrogen-bond acceptors (Lipinski definition) is 14. The Labute approximate surface area is 277 Å². The number of ether oxygens (including phenoxy) is 6. The van der Waals surface area contributed by atoms with E-state index >= 15 is 0 Å². The van der Waals surface area contributed by atoms with E-state index in [2.05, 4.69) is 0 Å². The van der Waals surface area contributed by atoms with Crippen molar-refractivity contribution in [3.63, 3.8) is 0 Å². The number of Topliss-reactive ketones (excluding diaryl/α,β-unsaturated/α-hetero) is 1. The van der Waals surface area contributed by atoms with Gasteiger partial charge in [-0.15, -0.1) is 0 Å². The molecule has 20 atom stereocenters. The van der Waals surface area contributed by atoms with Crippen LogP contribution in [0.5, 0.6) is 0 Å². The molecule has 3 saturated heterocycles. The average Bonchev–Trinajstić information content (AvgIpc) is 3.88. The van der Waals surface area contributed by atoms with Crippen molar-refractivity contribution in [3.8, 4) is 0 Å². The molecule has 1 spiro atoms. The zero-order chi connectivity index (χ0) is 35.0. The molecule has 0 amide bonds. The highest BCUT2D eigenvalue weighted by Crippen LogP contribution is 2.80. The third-order valence-corrected chi connectivity index (χ3v) is 14.7. The van der Waals surface area contributed by atoms with Gasteiger partial charge < -0.3 is 43.7 Å². The lowest BCUT2D eigenvalue weighted by molar-refractivity contribution is -0.273. The van der Waals surface area contributed by atoms with E-state index in [9.17, 15) is 39.3 Å². The normalized spacial score (nSPS) is 59.6. The quantitative estimate of drug-likeness (QED) is 0.205. The van der Waals surface area contributed by atoms with Crippen molar-refractivity contribution in [3.05, 3.63) is 0 Å². The molecular weight excluding hydrogens is 632 g/mol. The summed E-state index contributed by atoms with van der Waals surface area (Å²) in [6.07, 6.45) is -7.90. The summed E-state index contributed by atoms with van der Waals surface area (Å²) in [5.74, 6) is -10.9. The Bertz CT molecular complexity index is 1540. The van der Waals surface area contributed by atoms with E-state index in [0.29, 0.717) is 0 Å². The van der Waals surface area contributed by atoms with Crippen LogP contribution in [-0.2, 0) is 52.4 Å². The summed E-state index contributed by atoms with van der Waals surface area (Å²) in [6.45, 7) is 12.1. The monoisotopic (exact) mass is 676 g/mol. The van der Waals surface area contributed by atoms with Crippen molar-refractivity contribution in [2.45, 2.75) is 122 Å². The molecule has 5 saturated carbocycles. The molecule has 8 rings (SSSR count). The number of carbonyl (C=O) groups excluding carboxylic acids is 5. The first-order valence-electron chi connectivity index (χ1n) is 16.9. The smallest absolute Gasteiger partial charge is 0.341 e. The third kappa shape index (κ3) is 3.39. The number of rotatable bonds is 3. The molecule has 0 bridgehead atoms. The summed E-state index contributed by atoms with van der Waals surface area (Å²) in [5.41, 5.74) is -6.23. The van der Waals surface area contributed by atoms with E-state index in [4.69, 9.17) is 28.4 Å². The molecule has 14 nitrogen and oxygen atoms in total. The second-order valence-electron chi connectivity index (χ2n) is 16.5. The molecule has 0 aromatic rings. The van der Waals surface area contributed by atoms with Gasteiger partial charge in [0.2, 0.25) is 5.79 Å². The third-order valence-electron chi connectivity index (χ3n) is 14.7. The maximum atomic E-state index is 14.4. The molecule has 8 aliphatic rings. The van der Waals surface area contributed by atoms with Crippen LogP contribution in [0, 0.1) is 57.7 Å². The highest BCUT2D eigenvalue weighted by Gasteiger charge is 2.93. The Morgan fingerprint density at radius 1 is 0.833 bits per heavy atom. The fourth-order valence-electron chi connectivity index (χ4n) is 12.9. The molecule has 0 aromatic heterocycles. The van der Waals surface area contributed by atoms with Crippen molar-refractivity contribution < 1.29 is 67.7 Å². The van der Waals surface area contributed by atoms with Crippen LogP contribution in [0.1, 0.15) is 61.8 Å². The van der Waals surface area contributed by atoms with Gasteiger partial charge in [0.1, 0.15) is 36.6 Å². The fourth-order valence-corrected chi connectivity index (χ4v) is 12.9. The number of aliphatic hydroxyl groups excluding tert-OH is 2. The highest BCUT2D eigenvalue weighted by atomic mass is 16.8. The molecular formula is C34H44O14. The summed E-state index contributed by atoms with van der Waals surface area (Å²) in [4.78, 5) is 66.2. The number of carbonyl (C=O) groups is 5. The van der Waals surface area contributed by atoms with E-state index in [1.807, 2.05) is 6.92 Å². The number of ketones is 1. The minimum absolute atomic E-state index is 0.234. The summed E-state index contributed by atoms with van der Waals surface area (Å²) in [6, 6.07) is 0. The van der Waals surface area contributed by atoms with Gasteiger partial charge in [-0.25, -0.2) is 4.79 Å². The molecule has 3 aliphatic heterocycles.